The van der Waals surface area contributed by atoms with E-state index in [0.29, 0.717) is 36.5 Å². The van der Waals surface area contributed by atoms with E-state index in [1.165, 1.54) is 13.3 Å². The van der Waals surface area contributed by atoms with E-state index in [9.17, 15) is 24.9 Å². The smallest absolute Gasteiger partial charge is 0.310 e. The Morgan fingerprint density at radius 3 is 2.34 bits per heavy atom. The zero-order valence-corrected chi connectivity index (χ0v) is 24.4. The first-order valence-corrected chi connectivity index (χ1v) is 15.2. The number of aliphatic hydroxyl groups excluding tert-OH is 2. The number of rotatable bonds is 6. The number of carboxylic acid groups (broad SMARTS) is 1. The molecule has 0 bridgehead atoms. The molecule has 6 heteroatoms. The van der Waals surface area contributed by atoms with Gasteiger partial charge in [0.2, 0.25) is 0 Å². The van der Waals surface area contributed by atoms with Gasteiger partial charge in [-0.15, -0.1) is 0 Å². The van der Waals surface area contributed by atoms with Crippen LogP contribution in [-0.2, 0) is 14.3 Å². The summed E-state index contributed by atoms with van der Waals surface area (Å²) in [6.45, 7) is 15.1. The van der Waals surface area contributed by atoms with Crippen LogP contribution in [0.15, 0.2) is 11.6 Å². The molecule has 5 rings (SSSR count). The van der Waals surface area contributed by atoms with Crippen LogP contribution in [0, 0.1) is 63.6 Å². The monoisotopic (exact) mass is 530 g/mol. The van der Waals surface area contributed by atoms with Crippen molar-refractivity contribution in [3.63, 3.8) is 0 Å². The van der Waals surface area contributed by atoms with Crippen molar-refractivity contribution >= 4 is 11.9 Å². The maximum absolute atomic E-state index is 13.3. The molecule has 214 valence electrons. The number of carbonyl (C=O) groups excluding carboxylic acids is 1. The van der Waals surface area contributed by atoms with Crippen molar-refractivity contribution in [1.29, 1.82) is 0 Å². The van der Waals surface area contributed by atoms with Crippen LogP contribution < -0.4 is 0 Å². The number of hydrogen-bond donors (Lipinski definition) is 3. The maximum Gasteiger partial charge on any atom is 0.310 e. The Kier molecular flexibility index (Phi) is 6.91. The molecule has 0 aromatic carbocycles. The normalized spacial score (nSPS) is 49.3. The lowest BCUT2D eigenvalue weighted by molar-refractivity contribution is -0.190. The SMILES string of the molecule is CC(=O)O[C@@H]1CC2=CCC3C4CCC([C@H](C)[C@@H]5C[C@]5(C)[C@H](C)C(C)C)[C@@]4(C(=O)O)C[C@@H](O)C3[C@@]2(C)[C@@H](O)C1. The number of ether oxygens (including phenoxy) is 1. The van der Waals surface area contributed by atoms with Gasteiger partial charge in [-0.2, -0.15) is 0 Å². The molecule has 0 amide bonds. The van der Waals surface area contributed by atoms with Crippen molar-refractivity contribution in [2.45, 2.75) is 112 Å². The predicted octanol–water partition coefficient (Wildman–Crippen LogP) is 5.46. The first-order valence-electron chi connectivity index (χ1n) is 15.2. The molecule has 6 nitrogen and oxygen atoms in total. The lowest BCUT2D eigenvalue weighted by Crippen LogP contribution is -2.62. The van der Waals surface area contributed by atoms with E-state index >= 15 is 0 Å². The predicted molar refractivity (Wildman–Crippen MR) is 145 cm³/mol. The van der Waals surface area contributed by atoms with E-state index in [1.54, 1.807) is 0 Å². The Morgan fingerprint density at radius 1 is 1.05 bits per heavy atom. The average Bonchev–Trinajstić information content (AvgIpc) is 3.36. The molecule has 13 atom stereocenters. The van der Waals surface area contributed by atoms with Gasteiger partial charge in [0.05, 0.1) is 17.6 Å². The molecule has 5 aliphatic carbocycles. The van der Waals surface area contributed by atoms with E-state index in [0.717, 1.165) is 24.8 Å². The highest BCUT2D eigenvalue weighted by molar-refractivity contribution is 5.76. The zero-order chi connectivity index (χ0) is 27.9. The van der Waals surface area contributed by atoms with Crippen molar-refractivity contribution in [3.05, 3.63) is 11.6 Å². The third kappa shape index (κ3) is 3.86. The lowest BCUT2D eigenvalue weighted by atomic mass is 9.45. The molecule has 0 aromatic rings. The minimum absolute atomic E-state index is 0.00129. The summed E-state index contributed by atoms with van der Waals surface area (Å²) in [7, 11) is 0. The van der Waals surface area contributed by atoms with E-state index < -0.39 is 29.0 Å². The number of aliphatic hydroxyl groups is 2. The molecule has 0 saturated heterocycles. The molecule has 38 heavy (non-hydrogen) atoms. The molecule has 4 fully saturated rings. The molecule has 4 saturated carbocycles. The summed E-state index contributed by atoms with van der Waals surface area (Å²) < 4.78 is 5.47. The summed E-state index contributed by atoms with van der Waals surface area (Å²) in [6, 6.07) is 0. The Morgan fingerprint density at radius 2 is 1.74 bits per heavy atom. The van der Waals surface area contributed by atoms with Gasteiger partial charge in [0.25, 0.3) is 0 Å². The van der Waals surface area contributed by atoms with E-state index in [4.69, 9.17) is 4.74 Å². The molecule has 0 aromatic heterocycles. The molecular weight excluding hydrogens is 480 g/mol. The van der Waals surface area contributed by atoms with Gasteiger partial charge in [0.1, 0.15) is 6.10 Å². The van der Waals surface area contributed by atoms with E-state index in [2.05, 4.69) is 47.6 Å². The number of aliphatic carboxylic acids is 1. The highest BCUT2D eigenvalue weighted by Gasteiger charge is 2.70. The summed E-state index contributed by atoms with van der Waals surface area (Å²) >= 11 is 0. The van der Waals surface area contributed by atoms with Crippen LogP contribution in [0.3, 0.4) is 0 Å². The second-order valence-corrected chi connectivity index (χ2v) is 14.7. The van der Waals surface area contributed by atoms with Gasteiger partial charge in [-0.1, -0.05) is 53.2 Å². The summed E-state index contributed by atoms with van der Waals surface area (Å²) in [5.41, 5.74) is -0.215. The van der Waals surface area contributed by atoms with E-state index in [1.807, 2.05) is 0 Å². The van der Waals surface area contributed by atoms with Crippen molar-refractivity contribution in [2.24, 2.45) is 63.6 Å². The molecule has 0 aliphatic heterocycles. The summed E-state index contributed by atoms with van der Waals surface area (Å²) in [4.78, 5) is 24.9. The van der Waals surface area contributed by atoms with Crippen molar-refractivity contribution in [3.8, 4) is 0 Å². The second-order valence-electron chi connectivity index (χ2n) is 14.7. The first-order chi connectivity index (χ1) is 17.7. The fraction of sp³-hybridized carbons (Fsp3) is 0.875. The molecule has 0 heterocycles. The van der Waals surface area contributed by atoms with Gasteiger partial charge in [-0.25, -0.2) is 0 Å². The minimum atomic E-state index is -0.911. The lowest BCUT2D eigenvalue weighted by Gasteiger charge is -2.60. The quantitative estimate of drug-likeness (QED) is 0.311. The fourth-order valence-electron chi connectivity index (χ4n) is 10.7. The van der Waals surface area contributed by atoms with Crippen LogP contribution in [0.4, 0.5) is 0 Å². The van der Waals surface area contributed by atoms with Gasteiger partial charge >= 0.3 is 11.9 Å². The third-order valence-electron chi connectivity index (χ3n) is 13.1. The summed E-state index contributed by atoms with van der Waals surface area (Å²) in [5, 5.41) is 34.2. The number of carbonyl (C=O) groups is 2. The fourth-order valence-corrected chi connectivity index (χ4v) is 10.7. The zero-order valence-electron chi connectivity index (χ0n) is 24.4. The maximum atomic E-state index is 13.3. The Labute approximate surface area is 228 Å². The number of hydrogen-bond acceptors (Lipinski definition) is 5. The minimum Gasteiger partial charge on any atom is -0.481 e. The molecule has 5 aliphatic rings. The second kappa shape index (κ2) is 9.33. The van der Waals surface area contributed by atoms with Gasteiger partial charge in [-0.3, -0.25) is 9.59 Å². The number of fused-ring (bicyclic) bond motifs is 5. The number of carboxylic acids is 1. The molecule has 4 unspecified atom stereocenters. The Hall–Kier alpha value is -1.40. The molecule has 0 spiro atoms. The van der Waals surface area contributed by atoms with Crippen molar-refractivity contribution in [1.82, 2.24) is 0 Å². The highest BCUT2D eigenvalue weighted by atomic mass is 16.5. The van der Waals surface area contributed by atoms with Gasteiger partial charge < -0.3 is 20.1 Å². The van der Waals surface area contributed by atoms with Crippen LogP contribution in [0.25, 0.3) is 0 Å². The summed E-state index contributed by atoms with van der Waals surface area (Å²) in [5.74, 6) is 0.874. The van der Waals surface area contributed by atoms with Crippen molar-refractivity contribution in [2.75, 3.05) is 0 Å². The third-order valence-corrected chi connectivity index (χ3v) is 13.1. The van der Waals surface area contributed by atoms with Gasteiger partial charge in [-0.05, 0) is 84.9 Å². The van der Waals surface area contributed by atoms with Gasteiger partial charge in [0, 0.05) is 25.2 Å². The van der Waals surface area contributed by atoms with Crippen LogP contribution in [-0.4, -0.2) is 45.6 Å². The van der Waals surface area contributed by atoms with Gasteiger partial charge in [0.15, 0.2) is 0 Å². The summed E-state index contributed by atoms with van der Waals surface area (Å²) in [6.07, 6.45) is 5.18. The van der Waals surface area contributed by atoms with Crippen LogP contribution in [0.2, 0.25) is 0 Å². The van der Waals surface area contributed by atoms with Crippen LogP contribution >= 0.6 is 0 Å². The first kappa shape index (κ1) is 28.1. The topological polar surface area (TPSA) is 104 Å². The largest absolute Gasteiger partial charge is 0.481 e. The molecule has 3 N–H and O–H groups in total. The van der Waals surface area contributed by atoms with E-state index in [-0.39, 0.29) is 47.6 Å². The van der Waals surface area contributed by atoms with Crippen molar-refractivity contribution < 1.29 is 29.6 Å². The standard InChI is InChI=1S/C32H50O6/c1-16(2)18(4)30(6)14-25(30)17(3)23-10-11-24-22-9-8-20-12-21(38-19(5)33)13-27(35)31(20,7)28(22)26(34)15-32(23,24)29(36)37/h8,16-18,21-28,34-35H,9-15H2,1-7H3,(H,36,37)/t17-,18+,21+,22?,23?,24?,25-,26+,27-,28?,30+,31+,32-/m0/s1. The Bertz CT molecular complexity index is 1000. The van der Waals surface area contributed by atoms with Crippen LogP contribution in [0.1, 0.15) is 93.4 Å². The number of allylic oxidation sites excluding steroid dienone is 1. The average molecular weight is 531 g/mol. The Balaban J connectivity index is 1.45. The highest BCUT2D eigenvalue weighted by Crippen LogP contribution is 2.71. The molecular formula is C32H50O6. The molecule has 0 radical (unpaired) electrons. The van der Waals surface area contributed by atoms with Crippen LogP contribution in [0.5, 0.6) is 0 Å². The number of esters is 1.